The minimum absolute atomic E-state index is 0.115. The maximum absolute atomic E-state index is 12.0. The number of carbonyl (C=O) groups is 2. The van der Waals surface area contributed by atoms with E-state index in [0.717, 1.165) is 37.9 Å². The van der Waals surface area contributed by atoms with Gasteiger partial charge in [-0.1, -0.05) is 12.1 Å². The van der Waals surface area contributed by atoms with Crippen molar-refractivity contribution in [1.29, 1.82) is 0 Å². The van der Waals surface area contributed by atoms with E-state index in [2.05, 4.69) is 0 Å². The first-order chi connectivity index (χ1) is 10.2. The Morgan fingerprint density at radius 2 is 1.95 bits per heavy atom. The molecule has 1 aromatic carbocycles. The molecule has 0 aromatic heterocycles. The van der Waals surface area contributed by atoms with Gasteiger partial charge in [-0.3, -0.25) is 4.79 Å². The number of esters is 1. The molecule has 21 heavy (non-hydrogen) atoms. The number of methoxy groups -OCH3 is 1. The topological polar surface area (TPSA) is 55.8 Å². The second-order valence-corrected chi connectivity index (χ2v) is 5.15. The summed E-state index contributed by atoms with van der Waals surface area (Å²) in [6.07, 6.45) is 3.22. The number of rotatable bonds is 5. The van der Waals surface area contributed by atoms with Crippen molar-refractivity contribution in [3.63, 3.8) is 0 Å². The average molecular weight is 291 g/mol. The second-order valence-electron chi connectivity index (χ2n) is 5.15. The number of benzene rings is 1. The number of nitrogens with zero attached hydrogens (tertiary/aromatic N) is 1. The van der Waals surface area contributed by atoms with Crippen molar-refractivity contribution in [1.82, 2.24) is 4.90 Å². The third-order valence-corrected chi connectivity index (χ3v) is 3.51. The summed E-state index contributed by atoms with van der Waals surface area (Å²) < 4.78 is 10.1. The van der Waals surface area contributed by atoms with Crippen molar-refractivity contribution in [2.45, 2.75) is 25.9 Å². The molecule has 0 aliphatic carbocycles. The Bertz CT molecular complexity index is 495. The molecule has 0 unspecified atom stereocenters. The van der Waals surface area contributed by atoms with Gasteiger partial charge in [0.1, 0.15) is 0 Å². The highest BCUT2D eigenvalue weighted by molar-refractivity contribution is 5.91. The first kappa shape index (κ1) is 15.5. The molecule has 1 aromatic rings. The van der Waals surface area contributed by atoms with Gasteiger partial charge in [-0.15, -0.1) is 0 Å². The number of piperidine rings is 1. The lowest BCUT2D eigenvalue weighted by Crippen LogP contribution is -2.38. The number of hydrogen-bond donors (Lipinski definition) is 0. The molecule has 0 bridgehead atoms. The molecule has 0 atom stereocenters. The average Bonchev–Trinajstić information content (AvgIpc) is 2.53. The van der Waals surface area contributed by atoms with Gasteiger partial charge in [-0.05, 0) is 37.0 Å². The van der Waals surface area contributed by atoms with E-state index in [1.807, 2.05) is 6.07 Å². The number of likely N-dealkylation sites (tertiary alicyclic amines) is 1. The highest BCUT2D eigenvalue weighted by Crippen LogP contribution is 2.10. The standard InChI is InChI=1S/C16H21NO4/c1-20-11-13-6-5-7-14(10-13)16(19)21-12-15(18)17-8-3-2-4-9-17/h5-7,10H,2-4,8-9,11-12H2,1H3. The summed E-state index contributed by atoms with van der Waals surface area (Å²) in [5.74, 6) is -0.589. The molecule has 114 valence electrons. The number of amides is 1. The zero-order chi connectivity index (χ0) is 15.1. The molecule has 1 fully saturated rings. The molecule has 1 saturated heterocycles. The van der Waals surface area contributed by atoms with Crippen molar-refractivity contribution in [3.8, 4) is 0 Å². The Morgan fingerprint density at radius 1 is 1.19 bits per heavy atom. The fourth-order valence-electron chi connectivity index (χ4n) is 2.40. The Labute approximate surface area is 124 Å². The van der Waals surface area contributed by atoms with Crippen LogP contribution in [0.1, 0.15) is 35.2 Å². The largest absolute Gasteiger partial charge is 0.452 e. The van der Waals surface area contributed by atoms with Gasteiger partial charge in [0, 0.05) is 20.2 Å². The Balaban J connectivity index is 1.86. The van der Waals surface area contributed by atoms with Gasteiger partial charge >= 0.3 is 5.97 Å². The van der Waals surface area contributed by atoms with Crippen LogP contribution >= 0.6 is 0 Å². The third kappa shape index (κ3) is 4.56. The van der Waals surface area contributed by atoms with Crippen LogP contribution in [0.25, 0.3) is 0 Å². The van der Waals surface area contributed by atoms with Crippen LogP contribution in [0, 0.1) is 0 Å². The Kier molecular flexibility index (Phi) is 5.75. The van der Waals surface area contributed by atoms with E-state index in [9.17, 15) is 9.59 Å². The van der Waals surface area contributed by atoms with Gasteiger partial charge in [0.25, 0.3) is 5.91 Å². The molecule has 5 nitrogen and oxygen atoms in total. The molecule has 1 heterocycles. The number of hydrogen-bond acceptors (Lipinski definition) is 4. The van der Waals surface area contributed by atoms with Gasteiger partial charge in [0.2, 0.25) is 0 Å². The van der Waals surface area contributed by atoms with E-state index in [-0.39, 0.29) is 12.5 Å². The van der Waals surface area contributed by atoms with Crippen LogP contribution < -0.4 is 0 Å². The quantitative estimate of drug-likeness (QED) is 0.779. The van der Waals surface area contributed by atoms with Crippen LogP contribution in [0.4, 0.5) is 0 Å². The van der Waals surface area contributed by atoms with E-state index in [4.69, 9.17) is 9.47 Å². The lowest BCUT2D eigenvalue weighted by atomic mass is 10.1. The molecular formula is C16H21NO4. The van der Waals surface area contributed by atoms with Crippen LogP contribution in [0.15, 0.2) is 24.3 Å². The van der Waals surface area contributed by atoms with Gasteiger partial charge in [-0.2, -0.15) is 0 Å². The lowest BCUT2D eigenvalue weighted by molar-refractivity contribution is -0.135. The van der Waals surface area contributed by atoms with E-state index < -0.39 is 5.97 Å². The minimum atomic E-state index is -0.474. The van der Waals surface area contributed by atoms with Gasteiger partial charge in [-0.25, -0.2) is 4.79 Å². The van der Waals surface area contributed by atoms with Crippen LogP contribution in [0.2, 0.25) is 0 Å². The molecule has 2 rings (SSSR count). The van der Waals surface area contributed by atoms with Crippen molar-refractivity contribution < 1.29 is 19.1 Å². The molecule has 1 aliphatic rings. The van der Waals surface area contributed by atoms with Crippen LogP contribution in [-0.4, -0.2) is 43.6 Å². The summed E-state index contributed by atoms with van der Waals surface area (Å²) in [4.78, 5) is 25.6. The fraction of sp³-hybridized carbons (Fsp3) is 0.500. The van der Waals surface area contributed by atoms with Crippen LogP contribution in [0.3, 0.4) is 0 Å². The van der Waals surface area contributed by atoms with E-state index in [0.29, 0.717) is 12.2 Å². The van der Waals surface area contributed by atoms with Crippen molar-refractivity contribution in [3.05, 3.63) is 35.4 Å². The monoisotopic (exact) mass is 291 g/mol. The summed E-state index contributed by atoms with van der Waals surface area (Å²) in [7, 11) is 1.60. The van der Waals surface area contributed by atoms with Crippen molar-refractivity contribution in [2.24, 2.45) is 0 Å². The summed E-state index contributed by atoms with van der Waals surface area (Å²) in [5, 5.41) is 0. The molecule has 0 saturated carbocycles. The highest BCUT2D eigenvalue weighted by atomic mass is 16.5. The summed E-state index contributed by atoms with van der Waals surface area (Å²) in [6, 6.07) is 7.04. The van der Waals surface area contributed by atoms with E-state index >= 15 is 0 Å². The van der Waals surface area contributed by atoms with E-state index in [1.165, 1.54) is 0 Å². The van der Waals surface area contributed by atoms with Crippen molar-refractivity contribution in [2.75, 3.05) is 26.8 Å². The predicted molar refractivity (Wildman–Crippen MR) is 77.9 cm³/mol. The SMILES string of the molecule is COCc1cccc(C(=O)OCC(=O)N2CCCCC2)c1. The maximum atomic E-state index is 12.0. The number of ether oxygens (including phenoxy) is 2. The molecule has 1 amide bonds. The van der Waals surface area contributed by atoms with Gasteiger partial charge in [0.05, 0.1) is 12.2 Å². The molecule has 5 heteroatoms. The summed E-state index contributed by atoms with van der Waals surface area (Å²) in [6.45, 7) is 1.78. The zero-order valence-electron chi connectivity index (χ0n) is 12.3. The van der Waals surface area contributed by atoms with E-state index in [1.54, 1.807) is 30.2 Å². The van der Waals surface area contributed by atoms with Gasteiger partial charge in [0.15, 0.2) is 6.61 Å². The number of carbonyl (C=O) groups excluding carboxylic acids is 2. The molecule has 0 N–H and O–H groups in total. The first-order valence-corrected chi connectivity index (χ1v) is 7.23. The lowest BCUT2D eigenvalue weighted by Gasteiger charge is -2.26. The molecule has 1 aliphatic heterocycles. The first-order valence-electron chi connectivity index (χ1n) is 7.23. The van der Waals surface area contributed by atoms with Crippen LogP contribution in [-0.2, 0) is 20.9 Å². The molecule has 0 spiro atoms. The molecule has 0 radical (unpaired) electrons. The predicted octanol–water partition coefficient (Wildman–Crippen LogP) is 2.00. The fourth-order valence-corrected chi connectivity index (χ4v) is 2.40. The highest BCUT2D eigenvalue weighted by Gasteiger charge is 2.18. The Hall–Kier alpha value is -1.88. The maximum Gasteiger partial charge on any atom is 0.338 e. The summed E-state index contributed by atoms with van der Waals surface area (Å²) >= 11 is 0. The normalized spacial score (nSPS) is 14.8. The van der Waals surface area contributed by atoms with Crippen molar-refractivity contribution >= 4 is 11.9 Å². The smallest absolute Gasteiger partial charge is 0.338 e. The Morgan fingerprint density at radius 3 is 2.67 bits per heavy atom. The third-order valence-electron chi connectivity index (χ3n) is 3.51. The molecular weight excluding hydrogens is 270 g/mol. The summed E-state index contributed by atoms with van der Waals surface area (Å²) in [5.41, 5.74) is 1.34. The zero-order valence-corrected chi connectivity index (χ0v) is 12.3. The van der Waals surface area contributed by atoms with Gasteiger partial charge < -0.3 is 14.4 Å². The minimum Gasteiger partial charge on any atom is -0.452 e. The van der Waals surface area contributed by atoms with Crippen LogP contribution in [0.5, 0.6) is 0 Å². The second kappa shape index (κ2) is 7.78.